The molecule has 2 heterocycles. The van der Waals surface area contributed by atoms with Gasteiger partial charge in [-0.2, -0.15) is 5.10 Å². The molecule has 0 bridgehead atoms. The molecule has 2 aromatic rings. The van der Waals surface area contributed by atoms with Crippen LogP contribution in [0.5, 0.6) is 0 Å². The minimum Gasteiger partial charge on any atom is -0.370 e. The maximum absolute atomic E-state index is 4.38. The first-order valence-electron chi connectivity index (χ1n) is 8.35. The molecule has 1 saturated carbocycles. The molecule has 22 heavy (non-hydrogen) atoms. The van der Waals surface area contributed by atoms with Crippen LogP contribution in [0, 0.1) is 18.8 Å². The fourth-order valence-corrected chi connectivity index (χ4v) is 3.38. The molecule has 116 valence electrons. The number of fused-ring (bicyclic) bond motifs is 1. The molecule has 2 aliphatic rings. The lowest BCUT2D eigenvalue weighted by Crippen LogP contribution is -2.37. The Morgan fingerprint density at radius 1 is 1.27 bits per heavy atom. The Bertz CT molecular complexity index is 627. The third-order valence-electron chi connectivity index (χ3n) is 4.88. The zero-order chi connectivity index (χ0) is 14.9. The van der Waals surface area contributed by atoms with E-state index in [4.69, 9.17) is 0 Å². The minimum absolute atomic E-state index is 0.514. The van der Waals surface area contributed by atoms with Crippen molar-refractivity contribution in [3.63, 3.8) is 0 Å². The summed E-state index contributed by atoms with van der Waals surface area (Å²) in [7, 11) is 0. The van der Waals surface area contributed by atoms with Crippen LogP contribution in [0.1, 0.15) is 30.0 Å². The summed E-state index contributed by atoms with van der Waals surface area (Å²) < 4.78 is 2.08. The summed E-state index contributed by atoms with van der Waals surface area (Å²) in [6.45, 7) is 5.23. The topological polar surface area (TPSA) is 41.9 Å². The molecular formula is C18H24N4. The normalized spacial score (nSPS) is 22.0. The predicted octanol–water partition coefficient (Wildman–Crippen LogP) is 2.97. The van der Waals surface area contributed by atoms with Gasteiger partial charge in [-0.05, 0) is 31.2 Å². The van der Waals surface area contributed by atoms with E-state index in [2.05, 4.69) is 51.6 Å². The number of nitrogens with zero attached hydrogens (tertiary/aromatic N) is 2. The van der Waals surface area contributed by atoms with Gasteiger partial charge in [0.15, 0.2) is 0 Å². The summed E-state index contributed by atoms with van der Waals surface area (Å²) in [5.41, 5.74) is 2.78. The van der Waals surface area contributed by atoms with Gasteiger partial charge in [-0.3, -0.25) is 0 Å². The van der Waals surface area contributed by atoms with Gasteiger partial charge < -0.3 is 10.6 Å². The first-order valence-corrected chi connectivity index (χ1v) is 8.35. The molecule has 2 N–H and O–H groups in total. The van der Waals surface area contributed by atoms with Crippen molar-refractivity contribution in [2.24, 2.45) is 11.8 Å². The van der Waals surface area contributed by atoms with Crippen molar-refractivity contribution in [1.29, 1.82) is 0 Å². The molecule has 1 aromatic heterocycles. The van der Waals surface area contributed by atoms with E-state index in [1.807, 2.05) is 12.3 Å². The minimum atomic E-state index is 0.514. The summed E-state index contributed by atoms with van der Waals surface area (Å²) in [6, 6.07) is 11.6. The van der Waals surface area contributed by atoms with Crippen LogP contribution >= 0.6 is 0 Å². The molecule has 0 radical (unpaired) electrons. The zero-order valence-electron chi connectivity index (χ0n) is 13.1. The summed E-state index contributed by atoms with van der Waals surface area (Å²) in [5, 5.41) is 11.7. The second kappa shape index (κ2) is 5.76. The van der Waals surface area contributed by atoms with Crippen LogP contribution < -0.4 is 10.6 Å². The largest absolute Gasteiger partial charge is 0.370 e. The van der Waals surface area contributed by atoms with Crippen molar-refractivity contribution in [1.82, 2.24) is 15.1 Å². The first-order chi connectivity index (χ1) is 10.8. The second-order valence-corrected chi connectivity index (χ2v) is 6.78. The maximum atomic E-state index is 4.38. The van der Waals surface area contributed by atoms with Crippen LogP contribution in [0.15, 0.2) is 36.5 Å². The molecule has 4 nitrogen and oxygen atoms in total. The van der Waals surface area contributed by atoms with E-state index < -0.39 is 0 Å². The Hall–Kier alpha value is -1.81. The quantitative estimate of drug-likeness (QED) is 0.891. The van der Waals surface area contributed by atoms with Gasteiger partial charge in [-0.15, -0.1) is 0 Å². The van der Waals surface area contributed by atoms with Gasteiger partial charge in [0.1, 0.15) is 5.82 Å². The number of hydrogen-bond acceptors (Lipinski definition) is 3. The van der Waals surface area contributed by atoms with E-state index in [0.29, 0.717) is 12.0 Å². The lowest BCUT2D eigenvalue weighted by atomic mass is 9.99. The third kappa shape index (κ3) is 2.88. The molecule has 1 aliphatic carbocycles. The molecule has 2 atom stereocenters. The van der Waals surface area contributed by atoms with Crippen molar-refractivity contribution in [2.45, 2.75) is 32.4 Å². The number of hydrogen-bond donors (Lipinski definition) is 2. The SMILES string of the molecule is Cc1ccc([C@H](NC[C@@H]2CNc3ccnn3C2)C2CC2)cc1. The number of anilines is 1. The molecule has 0 spiro atoms. The lowest BCUT2D eigenvalue weighted by Gasteiger charge is -2.28. The van der Waals surface area contributed by atoms with Crippen molar-refractivity contribution in [3.8, 4) is 0 Å². The van der Waals surface area contributed by atoms with Gasteiger partial charge in [0.05, 0.1) is 6.20 Å². The van der Waals surface area contributed by atoms with Crippen LogP contribution in [0.4, 0.5) is 5.82 Å². The highest BCUT2D eigenvalue weighted by Gasteiger charge is 2.32. The standard InChI is InChI=1S/C18H24N4/c1-13-2-4-15(5-3-13)18(16-6-7-16)20-11-14-10-19-17-8-9-21-22(17)12-14/h2-5,8-9,14,16,18-20H,6-7,10-12H2,1H3/t14-,18-/m0/s1. The van der Waals surface area contributed by atoms with Gasteiger partial charge in [-0.25, -0.2) is 4.68 Å². The Labute approximate surface area is 131 Å². The van der Waals surface area contributed by atoms with Crippen LogP contribution in [0.3, 0.4) is 0 Å². The highest BCUT2D eigenvalue weighted by Crippen LogP contribution is 2.41. The molecular weight excluding hydrogens is 272 g/mol. The average Bonchev–Trinajstić information content (AvgIpc) is 3.26. The van der Waals surface area contributed by atoms with Gasteiger partial charge >= 0.3 is 0 Å². The average molecular weight is 296 g/mol. The smallest absolute Gasteiger partial charge is 0.124 e. The predicted molar refractivity (Wildman–Crippen MR) is 88.9 cm³/mol. The zero-order valence-corrected chi connectivity index (χ0v) is 13.1. The highest BCUT2D eigenvalue weighted by atomic mass is 15.3. The van der Waals surface area contributed by atoms with E-state index >= 15 is 0 Å². The number of rotatable bonds is 5. The van der Waals surface area contributed by atoms with Crippen LogP contribution in [-0.4, -0.2) is 22.9 Å². The summed E-state index contributed by atoms with van der Waals surface area (Å²) in [4.78, 5) is 0. The molecule has 1 aromatic carbocycles. The van der Waals surface area contributed by atoms with E-state index in [9.17, 15) is 0 Å². The van der Waals surface area contributed by atoms with E-state index in [-0.39, 0.29) is 0 Å². The van der Waals surface area contributed by atoms with Crippen molar-refractivity contribution >= 4 is 5.82 Å². The Morgan fingerprint density at radius 2 is 2.09 bits per heavy atom. The van der Waals surface area contributed by atoms with Crippen molar-refractivity contribution in [2.75, 3.05) is 18.4 Å². The number of aryl methyl sites for hydroxylation is 1. The number of benzene rings is 1. The molecule has 0 unspecified atom stereocenters. The fourth-order valence-electron chi connectivity index (χ4n) is 3.38. The van der Waals surface area contributed by atoms with E-state index in [0.717, 1.165) is 31.4 Å². The Balaban J connectivity index is 1.40. The molecule has 4 rings (SSSR count). The van der Waals surface area contributed by atoms with Gasteiger partial charge in [0.25, 0.3) is 0 Å². The number of aromatic nitrogens is 2. The molecule has 0 amide bonds. The van der Waals surface area contributed by atoms with Crippen molar-refractivity contribution in [3.05, 3.63) is 47.7 Å². The fraction of sp³-hybridized carbons (Fsp3) is 0.500. The van der Waals surface area contributed by atoms with E-state index in [1.165, 1.54) is 24.0 Å². The van der Waals surface area contributed by atoms with Crippen LogP contribution in [0.25, 0.3) is 0 Å². The first kappa shape index (κ1) is 13.8. The highest BCUT2D eigenvalue weighted by molar-refractivity contribution is 5.35. The van der Waals surface area contributed by atoms with Gasteiger partial charge in [0, 0.05) is 37.7 Å². The maximum Gasteiger partial charge on any atom is 0.124 e. The van der Waals surface area contributed by atoms with Gasteiger partial charge in [-0.1, -0.05) is 29.8 Å². The van der Waals surface area contributed by atoms with Gasteiger partial charge in [0.2, 0.25) is 0 Å². The number of nitrogens with one attached hydrogen (secondary N) is 2. The summed E-state index contributed by atoms with van der Waals surface area (Å²) in [6.07, 6.45) is 4.59. The molecule has 1 aliphatic heterocycles. The molecule has 0 saturated heterocycles. The second-order valence-electron chi connectivity index (χ2n) is 6.78. The third-order valence-corrected chi connectivity index (χ3v) is 4.88. The lowest BCUT2D eigenvalue weighted by molar-refractivity contribution is 0.358. The summed E-state index contributed by atoms with van der Waals surface area (Å²) >= 11 is 0. The monoisotopic (exact) mass is 296 g/mol. The Kier molecular flexibility index (Phi) is 3.62. The van der Waals surface area contributed by atoms with Crippen molar-refractivity contribution < 1.29 is 0 Å². The van der Waals surface area contributed by atoms with Crippen LogP contribution in [0.2, 0.25) is 0 Å². The molecule has 4 heteroatoms. The summed E-state index contributed by atoms with van der Waals surface area (Å²) in [5.74, 6) is 2.56. The Morgan fingerprint density at radius 3 is 2.86 bits per heavy atom. The van der Waals surface area contributed by atoms with Crippen LogP contribution in [-0.2, 0) is 6.54 Å². The van der Waals surface area contributed by atoms with E-state index in [1.54, 1.807) is 0 Å². The molecule has 1 fully saturated rings.